The van der Waals surface area contributed by atoms with Crippen molar-refractivity contribution in [3.8, 4) is 6.07 Å². The molecule has 0 saturated carbocycles. The third kappa shape index (κ3) is 2.84. The van der Waals surface area contributed by atoms with Crippen LogP contribution in [-0.2, 0) is 5.41 Å². The summed E-state index contributed by atoms with van der Waals surface area (Å²) in [6.45, 7) is 8.37. The molecule has 0 aliphatic carbocycles. The first-order valence-electron chi connectivity index (χ1n) is 5.58. The fourth-order valence-electron chi connectivity index (χ4n) is 1.50. The van der Waals surface area contributed by atoms with Crippen molar-refractivity contribution >= 4 is 11.3 Å². The molecule has 3 heteroatoms. The SMILES string of the molecule is CCC(C#N)C(O)c1ccc(C(C)(C)C)s1. The highest BCUT2D eigenvalue weighted by molar-refractivity contribution is 7.12. The first kappa shape index (κ1) is 13.2. The summed E-state index contributed by atoms with van der Waals surface area (Å²) < 4.78 is 0. The van der Waals surface area contributed by atoms with Gasteiger partial charge >= 0.3 is 0 Å². The Labute approximate surface area is 102 Å². The van der Waals surface area contributed by atoms with E-state index in [4.69, 9.17) is 5.26 Å². The first-order valence-corrected chi connectivity index (χ1v) is 6.39. The number of hydrogen-bond acceptors (Lipinski definition) is 3. The second-order valence-electron chi connectivity index (χ2n) is 5.04. The predicted octanol–water partition coefficient (Wildman–Crippen LogP) is 3.63. The number of nitrogens with zero attached hydrogens (tertiary/aromatic N) is 1. The van der Waals surface area contributed by atoms with Crippen LogP contribution in [0.5, 0.6) is 0 Å². The molecule has 1 aromatic rings. The molecule has 0 fully saturated rings. The summed E-state index contributed by atoms with van der Waals surface area (Å²) in [5.41, 5.74) is 0.108. The maximum absolute atomic E-state index is 10.0. The molecule has 1 rings (SSSR count). The van der Waals surface area contributed by atoms with Crippen molar-refractivity contribution in [1.29, 1.82) is 5.26 Å². The maximum Gasteiger partial charge on any atom is 0.104 e. The summed E-state index contributed by atoms with van der Waals surface area (Å²) in [4.78, 5) is 2.15. The van der Waals surface area contributed by atoms with Gasteiger partial charge in [0.25, 0.3) is 0 Å². The number of thiophene rings is 1. The molecular formula is C13H19NOS. The predicted molar refractivity (Wildman–Crippen MR) is 67.4 cm³/mol. The number of aliphatic hydroxyl groups is 1. The molecule has 16 heavy (non-hydrogen) atoms. The monoisotopic (exact) mass is 237 g/mol. The summed E-state index contributed by atoms with van der Waals surface area (Å²) in [6.07, 6.45) is 0.0385. The molecule has 0 aliphatic heterocycles. The Hall–Kier alpha value is -0.850. The van der Waals surface area contributed by atoms with Crippen LogP contribution >= 0.6 is 11.3 Å². The van der Waals surface area contributed by atoms with Gasteiger partial charge in [0.05, 0.1) is 12.0 Å². The second kappa shape index (κ2) is 4.99. The fourth-order valence-corrected chi connectivity index (χ4v) is 2.62. The van der Waals surface area contributed by atoms with Gasteiger partial charge in [0.2, 0.25) is 0 Å². The third-order valence-corrected chi connectivity index (χ3v) is 4.23. The molecule has 2 atom stereocenters. The van der Waals surface area contributed by atoms with Crippen molar-refractivity contribution in [2.24, 2.45) is 5.92 Å². The Kier molecular flexibility index (Phi) is 4.12. The van der Waals surface area contributed by atoms with Crippen LogP contribution in [0.2, 0.25) is 0 Å². The van der Waals surface area contributed by atoms with Gasteiger partial charge < -0.3 is 5.11 Å². The average molecular weight is 237 g/mol. The zero-order valence-electron chi connectivity index (χ0n) is 10.3. The van der Waals surface area contributed by atoms with E-state index in [0.29, 0.717) is 6.42 Å². The van der Waals surface area contributed by atoms with Crippen LogP contribution in [0.3, 0.4) is 0 Å². The molecule has 2 nitrogen and oxygen atoms in total. The smallest absolute Gasteiger partial charge is 0.104 e. The summed E-state index contributed by atoms with van der Waals surface area (Å²) in [7, 11) is 0. The van der Waals surface area contributed by atoms with E-state index >= 15 is 0 Å². The Morgan fingerprint density at radius 3 is 2.44 bits per heavy atom. The Bertz CT molecular complexity index is 383. The van der Waals surface area contributed by atoms with Crippen LogP contribution in [0.25, 0.3) is 0 Å². The molecule has 1 heterocycles. The maximum atomic E-state index is 10.0. The van der Waals surface area contributed by atoms with Crippen LogP contribution in [0.15, 0.2) is 12.1 Å². The fraction of sp³-hybridized carbons (Fsp3) is 0.615. The standard InChI is InChI=1S/C13H19NOS/c1-5-9(8-14)12(15)10-6-7-11(16-10)13(2,3)4/h6-7,9,12,15H,5H2,1-4H3. The van der Waals surface area contributed by atoms with E-state index in [-0.39, 0.29) is 11.3 Å². The number of hydrogen-bond donors (Lipinski definition) is 1. The van der Waals surface area contributed by atoms with E-state index in [1.165, 1.54) is 4.88 Å². The second-order valence-corrected chi connectivity index (χ2v) is 6.16. The topological polar surface area (TPSA) is 44.0 Å². The molecule has 0 aromatic carbocycles. The lowest BCUT2D eigenvalue weighted by Gasteiger charge is -2.16. The van der Waals surface area contributed by atoms with Crippen LogP contribution in [0.4, 0.5) is 0 Å². The van der Waals surface area contributed by atoms with Crippen molar-refractivity contribution in [3.63, 3.8) is 0 Å². The van der Waals surface area contributed by atoms with E-state index in [1.54, 1.807) is 11.3 Å². The summed E-state index contributed by atoms with van der Waals surface area (Å²) >= 11 is 1.61. The van der Waals surface area contributed by atoms with Gasteiger partial charge in [-0.2, -0.15) is 5.26 Å². The van der Waals surface area contributed by atoms with E-state index in [0.717, 1.165) is 4.88 Å². The van der Waals surface area contributed by atoms with Gasteiger partial charge in [-0.3, -0.25) is 0 Å². The van der Waals surface area contributed by atoms with Crippen molar-refractivity contribution in [2.75, 3.05) is 0 Å². The van der Waals surface area contributed by atoms with E-state index in [9.17, 15) is 5.11 Å². The Morgan fingerprint density at radius 1 is 1.44 bits per heavy atom. The number of nitriles is 1. The Balaban J connectivity index is 2.91. The highest BCUT2D eigenvalue weighted by Crippen LogP contribution is 2.35. The van der Waals surface area contributed by atoms with E-state index in [1.807, 2.05) is 19.1 Å². The molecule has 0 amide bonds. The van der Waals surface area contributed by atoms with Crippen LogP contribution in [0.1, 0.15) is 50.0 Å². The molecule has 0 radical (unpaired) electrons. The number of aliphatic hydroxyl groups excluding tert-OH is 1. The van der Waals surface area contributed by atoms with Gasteiger partial charge in [0.1, 0.15) is 6.10 Å². The van der Waals surface area contributed by atoms with Crippen LogP contribution in [-0.4, -0.2) is 5.11 Å². The normalized spacial score (nSPS) is 15.5. The van der Waals surface area contributed by atoms with E-state index in [2.05, 4.69) is 26.8 Å². The van der Waals surface area contributed by atoms with E-state index < -0.39 is 6.10 Å². The minimum atomic E-state index is -0.643. The molecule has 0 spiro atoms. The Morgan fingerprint density at radius 2 is 2.06 bits per heavy atom. The van der Waals surface area contributed by atoms with Gasteiger partial charge in [0, 0.05) is 9.75 Å². The summed E-state index contributed by atoms with van der Waals surface area (Å²) in [5.74, 6) is -0.300. The van der Waals surface area contributed by atoms with Crippen molar-refractivity contribution in [3.05, 3.63) is 21.9 Å². The summed E-state index contributed by atoms with van der Waals surface area (Å²) in [6, 6.07) is 6.14. The highest BCUT2D eigenvalue weighted by Gasteiger charge is 2.23. The van der Waals surface area contributed by atoms with Gasteiger partial charge in [-0.15, -0.1) is 11.3 Å². The first-order chi connectivity index (χ1) is 7.40. The largest absolute Gasteiger partial charge is 0.386 e. The van der Waals surface area contributed by atoms with Crippen molar-refractivity contribution < 1.29 is 5.11 Å². The number of rotatable bonds is 3. The minimum absolute atomic E-state index is 0.108. The zero-order chi connectivity index (χ0) is 12.3. The third-order valence-electron chi connectivity index (χ3n) is 2.64. The molecule has 1 N–H and O–H groups in total. The lowest BCUT2D eigenvalue weighted by Crippen LogP contribution is -2.09. The molecule has 2 unspecified atom stereocenters. The average Bonchev–Trinajstić information content (AvgIpc) is 2.67. The zero-order valence-corrected chi connectivity index (χ0v) is 11.1. The van der Waals surface area contributed by atoms with Gasteiger partial charge in [-0.25, -0.2) is 0 Å². The van der Waals surface area contributed by atoms with Crippen molar-refractivity contribution in [1.82, 2.24) is 0 Å². The molecule has 0 aliphatic rings. The van der Waals surface area contributed by atoms with Gasteiger partial charge in [0.15, 0.2) is 0 Å². The molecule has 0 bridgehead atoms. The lowest BCUT2D eigenvalue weighted by molar-refractivity contribution is 0.136. The molecule has 1 aromatic heterocycles. The highest BCUT2D eigenvalue weighted by atomic mass is 32.1. The van der Waals surface area contributed by atoms with Gasteiger partial charge in [-0.1, -0.05) is 27.7 Å². The van der Waals surface area contributed by atoms with Gasteiger partial charge in [-0.05, 0) is 24.0 Å². The lowest BCUT2D eigenvalue weighted by atomic mass is 9.95. The minimum Gasteiger partial charge on any atom is -0.386 e. The summed E-state index contributed by atoms with van der Waals surface area (Å²) in [5, 5.41) is 19.0. The van der Waals surface area contributed by atoms with Crippen LogP contribution < -0.4 is 0 Å². The van der Waals surface area contributed by atoms with Crippen LogP contribution in [0, 0.1) is 17.2 Å². The quantitative estimate of drug-likeness (QED) is 0.872. The molecule has 88 valence electrons. The molecule has 0 saturated heterocycles. The van der Waals surface area contributed by atoms with Crippen molar-refractivity contribution in [2.45, 2.75) is 45.6 Å². The molecular weight excluding hydrogens is 218 g/mol.